The summed E-state index contributed by atoms with van der Waals surface area (Å²) in [6.45, 7) is 8.72. The molecule has 0 fully saturated rings. The van der Waals surface area contributed by atoms with Gasteiger partial charge in [-0.1, -0.05) is 32.6 Å². The second-order valence-electron chi connectivity index (χ2n) is 5.33. The average molecular weight is 257 g/mol. The van der Waals surface area contributed by atoms with Gasteiger partial charge in [0.2, 0.25) is 6.79 Å². The van der Waals surface area contributed by atoms with E-state index in [0.29, 0.717) is 6.42 Å². The third kappa shape index (κ3) is 9.02. The molecule has 0 N–H and O–H groups in total. The lowest BCUT2D eigenvalue weighted by Gasteiger charge is -2.16. The van der Waals surface area contributed by atoms with Crippen molar-refractivity contribution in [2.45, 2.75) is 59.3 Å². The Labute approximate surface area is 110 Å². The highest BCUT2D eigenvalue weighted by Crippen LogP contribution is 2.15. The minimum Gasteiger partial charge on any atom is -0.428 e. The van der Waals surface area contributed by atoms with E-state index in [1.54, 1.807) is 20.8 Å². The zero-order valence-electron chi connectivity index (χ0n) is 11.8. The Morgan fingerprint density at radius 2 is 1.61 bits per heavy atom. The van der Waals surface area contributed by atoms with Gasteiger partial charge in [-0.25, -0.2) is 0 Å². The monoisotopic (exact) mass is 257 g/mol. The Kier molecular flexibility index (Phi) is 8.42. The van der Waals surface area contributed by atoms with E-state index in [0.717, 1.165) is 32.1 Å². The minimum absolute atomic E-state index is 0.284. The Bertz CT molecular complexity index is 253. The first-order chi connectivity index (χ1) is 8.38. The van der Waals surface area contributed by atoms with Gasteiger partial charge in [-0.15, -0.1) is 0 Å². The highest BCUT2D eigenvalue weighted by atomic mass is 16.7. The average Bonchev–Trinajstić information content (AvgIpc) is 2.27. The van der Waals surface area contributed by atoms with Crippen LogP contribution in [0.2, 0.25) is 0 Å². The van der Waals surface area contributed by atoms with Crippen molar-refractivity contribution in [1.82, 2.24) is 0 Å². The van der Waals surface area contributed by atoms with E-state index in [1.165, 1.54) is 0 Å². The molecule has 0 heterocycles. The van der Waals surface area contributed by atoms with Crippen molar-refractivity contribution >= 4 is 11.9 Å². The standard InChI is InChI=1S/C14H25O4/c1-5-6-7-8-9-10-12(15)17-11-18-13(16)14(2,3)4/h1,5-11H2,2-4H3. The molecule has 0 aliphatic carbocycles. The van der Waals surface area contributed by atoms with E-state index in [9.17, 15) is 9.59 Å². The van der Waals surface area contributed by atoms with Gasteiger partial charge in [0.25, 0.3) is 0 Å². The van der Waals surface area contributed by atoms with Crippen molar-refractivity contribution in [3.63, 3.8) is 0 Å². The zero-order valence-corrected chi connectivity index (χ0v) is 11.8. The van der Waals surface area contributed by atoms with Crippen LogP contribution < -0.4 is 0 Å². The summed E-state index contributed by atoms with van der Waals surface area (Å²) >= 11 is 0. The lowest BCUT2D eigenvalue weighted by Crippen LogP contribution is -2.24. The topological polar surface area (TPSA) is 52.6 Å². The summed E-state index contributed by atoms with van der Waals surface area (Å²) in [5, 5.41) is 0. The molecule has 0 spiro atoms. The van der Waals surface area contributed by atoms with Crippen LogP contribution in [0, 0.1) is 12.3 Å². The van der Waals surface area contributed by atoms with E-state index in [1.807, 2.05) is 0 Å². The maximum absolute atomic E-state index is 11.4. The number of hydrogen-bond acceptors (Lipinski definition) is 4. The van der Waals surface area contributed by atoms with Crippen LogP contribution in [0.3, 0.4) is 0 Å². The number of carbonyl (C=O) groups is 2. The molecule has 0 atom stereocenters. The lowest BCUT2D eigenvalue weighted by molar-refractivity contribution is -0.173. The number of hydrogen-bond donors (Lipinski definition) is 0. The highest BCUT2D eigenvalue weighted by Gasteiger charge is 2.23. The Morgan fingerprint density at radius 3 is 2.17 bits per heavy atom. The van der Waals surface area contributed by atoms with Crippen molar-refractivity contribution in [1.29, 1.82) is 0 Å². The maximum atomic E-state index is 11.4. The van der Waals surface area contributed by atoms with E-state index in [2.05, 4.69) is 6.92 Å². The predicted molar refractivity (Wildman–Crippen MR) is 69.6 cm³/mol. The summed E-state index contributed by atoms with van der Waals surface area (Å²) < 4.78 is 9.65. The summed E-state index contributed by atoms with van der Waals surface area (Å²) in [5.41, 5.74) is -0.569. The number of esters is 2. The fourth-order valence-electron chi connectivity index (χ4n) is 1.24. The molecule has 0 amide bonds. The van der Waals surface area contributed by atoms with E-state index in [-0.39, 0.29) is 18.7 Å². The lowest BCUT2D eigenvalue weighted by atomic mass is 9.98. The van der Waals surface area contributed by atoms with Crippen LogP contribution in [0.5, 0.6) is 0 Å². The largest absolute Gasteiger partial charge is 0.428 e. The van der Waals surface area contributed by atoms with E-state index < -0.39 is 5.41 Å². The smallest absolute Gasteiger partial charge is 0.314 e. The van der Waals surface area contributed by atoms with Crippen molar-refractivity contribution in [3.05, 3.63) is 6.92 Å². The van der Waals surface area contributed by atoms with Crippen molar-refractivity contribution in [2.24, 2.45) is 5.41 Å². The Hall–Kier alpha value is -1.06. The molecule has 0 aromatic carbocycles. The van der Waals surface area contributed by atoms with Gasteiger partial charge in [0.05, 0.1) is 5.41 Å². The van der Waals surface area contributed by atoms with Crippen LogP contribution in [0.25, 0.3) is 0 Å². The molecule has 0 aromatic rings. The van der Waals surface area contributed by atoms with Gasteiger partial charge in [-0.2, -0.15) is 0 Å². The molecule has 105 valence electrons. The molecule has 0 aromatic heterocycles. The highest BCUT2D eigenvalue weighted by molar-refractivity contribution is 5.75. The SMILES string of the molecule is [CH2]CCCCCCC(=O)OCOC(=O)C(C)(C)C. The van der Waals surface area contributed by atoms with Crippen LogP contribution in [-0.4, -0.2) is 18.7 Å². The quantitative estimate of drug-likeness (QED) is 0.380. The maximum Gasteiger partial charge on any atom is 0.314 e. The van der Waals surface area contributed by atoms with Gasteiger partial charge in [-0.05, 0) is 27.2 Å². The van der Waals surface area contributed by atoms with Crippen LogP contribution in [0.1, 0.15) is 59.3 Å². The third-order valence-electron chi connectivity index (χ3n) is 2.40. The van der Waals surface area contributed by atoms with Gasteiger partial charge < -0.3 is 9.47 Å². The summed E-state index contributed by atoms with van der Waals surface area (Å²) in [6.07, 6.45) is 5.32. The molecule has 0 saturated heterocycles. The molecular weight excluding hydrogens is 232 g/mol. The van der Waals surface area contributed by atoms with Crippen molar-refractivity contribution in [3.8, 4) is 0 Å². The van der Waals surface area contributed by atoms with E-state index >= 15 is 0 Å². The normalized spacial score (nSPS) is 11.1. The Balaban J connectivity index is 3.51. The number of rotatable bonds is 8. The third-order valence-corrected chi connectivity index (χ3v) is 2.40. The van der Waals surface area contributed by atoms with Gasteiger partial charge in [-0.3, -0.25) is 9.59 Å². The first-order valence-electron chi connectivity index (χ1n) is 6.50. The zero-order chi connectivity index (χ0) is 14.0. The fraction of sp³-hybridized carbons (Fsp3) is 0.786. The summed E-state index contributed by atoms with van der Waals surface area (Å²) in [6, 6.07) is 0. The van der Waals surface area contributed by atoms with E-state index in [4.69, 9.17) is 9.47 Å². The van der Waals surface area contributed by atoms with Gasteiger partial charge >= 0.3 is 11.9 Å². The molecule has 4 heteroatoms. The molecule has 0 bridgehead atoms. The molecule has 1 radical (unpaired) electrons. The number of carbonyl (C=O) groups excluding carboxylic acids is 2. The van der Waals surface area contributed by atoms with Crippen LogP contribution in [0.15, 0.2) is 0 Å². The van der Waals surface area contributed by atoms with Gasteiger partial charge in [0.15, 0.2) is 0 Å². The summed E-state index contributed by atoms with van der Waals surface area (Å²) in [5.74, 6) is -0.683. The molecule has 0 aliphatic rings. The van der Waals surface area contributed by atoms with Crippen LogP contribution >= 0.6 is 0 Å². The van der Waals surface area contributed by atoms with Gasteiger partial charge in [0, 0.05) is 6.42 Å². The molecule has 0 rings (SSSR count). The predicted octanol–water partition coefficient (Wildman–Crippen LogP) is 3.25. The first-order valence-corrected chi connectivity index (χ1v) is 6.50. The molecule has 0 aliphatic heterocycles. The van der Waals surface area contributed by atoms with Crippen molar-refractivity contribution in [2.75, 3.05) is 6.79 Å². The van der Waals surface area contributed by atoms with Gasteiger partial charge in [0.1, 0.15) is 0 Å². The molecule has 4 nitrogen and oxygen atoms in total. The molecular formula is C14H25O4. The Morgan fingerprint density at radius 1 is 1.00 bits per heavy atom. The summed E-state index contributed by atoms with van der Waals surface area (Å²) in [4.78, 5) is 22.6. The molecule has 0 saturated carbocycles. The first kappa shape index (κ1) is 16.9. The van der Waals surface area contributed by atoms with Crippen LogP contribution in [0.4, 0.5) is 0 Å². The number of ether oxygens (including phenoxy) is 2. The minimum atomic E-state index is -0.569. The number of unbranched alkanes of at least 4 members (excludes halogenated alkanes) is 4. The second-order valence-corrected chi connectivity index (χ2v) is 5.33. The summed E-state index contributed by atoms with van der Waals surface area (Å²) in [7, 11) is 0. The van der Waals surface area contributed by atoms with Crippen molar-refractivity contribution < 1.29 is 19.1 Å². The second kappa shape index (κ2) is 8.95. The van der Waals surface area contributed by atoms with Crippen LogP contribution in [-0.2, 0) is 19.1 Å². The molecule has 0 unspecified atom stereocenters. The fourth-order valence-corrected chi connectivity index (χ4v) is 1.24. The molecule has 18 heavy (non-hydrogen) atoms.